The second kappa shape index (κ2) is 12.8. The highest BCUT2D eigenvalue weighted by Gasteiger charge is 2.51. The van der Waals surface area contributed by atoms with Crippen molar-refractivity contribution < 1.29 is 34.1 Å². The number of aliphatic hydroxyl groups is 2. The Morgan fingerprint density at radius 2 is 2.02 bits per heavy atom. The number of aromatic nitrogens is 1. The number of rotatable bonds is 12. The van der Waals surface area contributed by atoms with Crippen LogP contribution in [0.3, 0.4) is 0 Å². The molecule has 5 rings (SSSR count). The molecule has 42 heavy (non-hydrogen) atoms. The number of aliphatic hydroxyl groups excluding tert-OH is 2. The number of benzene rings is 2. The number of methoxy groups -OCH3 is 1. The molecule has 2 aliphatic rings. The molecule has 10 nitrogen and oxygen atoms in total. The summed E-state index contributed by atoms with van der Waals surface area (Å²) in [7, 11) is 1.46. The van der Waals surface area contributed by atoms with Crippen LogP contribution in [0, 0.1) is 0 Å². The fourth-order valence-electron chi connectivity index (χ4n) is 5.98. The second-order valence-electron chi connectivity index (χ2n) is 10.7. The van der Waals surface area contributed by atoms with Crippen LogP contribution in [0.15, 0.2) is 54.1 Å². The molecule has 0 saturated carbocycles. The first-order valence-electron chi connectivity index (χ1n) is 14.4. The van der Waals surface area contributed by atoms with Gasteiger partial charge in [0.2, 0.25) is 11.8 Å². The third-order valence-corrected chi connectivity index (χ3v) is 8.04. The number of aromatic amines is 1. The van der Waals surface area contributed by atoms with Crippen LogP contribution >= 0.6 is 0 Å². The maximum Gasteiger partial charge on any atom is 0.247 e. The van der Waals surface area contributed by atoms with Gasteiger partial charge in [-0.05, 0) is 42.1 Å². The van der Waals surface area contributed by atoms with E-state index < -0.39 is 30.1 Å². The summed E-state index contributed by atoms with van der Waals surface area (Å²) in [4.78, 5) is 43.8. The third-order valence-electron chi connectivity index (χ3n) is 8.04. The topological polar surface area (TPSA) is 141 Å². The van der Waals surface area contributed by atoms with Gasteiger partial charge in [-0.15, -0.1) is 0 Å². The Morgan fingerprint density at radius 3 is 2.74 bits per heavy atom. The molecule has 2 aromatic carbocycles. The number of para-hydroxylation sites is 1. The average Bonchev–Trinajstić information content (AvgIpc) is 3.61. The second-order valence-corrected chi connectivity index (χ2v) is 10.7. The highest BCUT2D eigenvalue weighted by Crippen LogP contribution is 2.51. The number of ether oxygens (including phenoxy) is 2. The van der Waals surface area contributed by atoms with E-state index in [4.69, 9.17) is 9.47 Å². The van der Waals surface area contributed by atoms with Gasteiger partial charge in [0, 0.05) is 53.8 Å². The zero-order valence-corrected chi connectivity index (χ0v) is 23.8. The van der Waals surface area contributed by atoms with E-state index in [1.54, 1.807) is 23.1 Å². The Hall–Kier alpha value is -4.15. The number of H-pyrrole nitrogens is 1. The Morgan fingerprint density at radius 1 is 1.21 bits per heavy atom. The van der Waals surface area contributed by atoms with Crippen molar-refractivity contribution in [3.8, 4) is 11.5 Å². The number of nitrogens with one attached hydrogen (secondary N) is 2. The smallest absolute Gasteiger partial charge is 0.247 e. The summed E-state index contributed by atoms with van der Waals surface area (Å²) in [5, 5.41) is 24.9. The van der Waals surface area contributed by atoms with Crippen LogP contribution < -0.4 is 14.8 Å². The van der Waals surface area contributed by atoms with Gasteiger partial charge < -0.3 is 34.9 Å². The lowest BCUT2D eigenvalue weighted by atomic mass is 9.77. The summed E-state index contributed by atoms with van der Waals surface area (Å²) in [6.45, 7) is 2.10. The number of unbranched alkanes of at least 4 members (excludes halogenated alkanes) is 1. The molecule has 1 aliphatic heterocycles. The number of hydrogen-bond acceptors (Lipinski definition) is 7. The third kappa shape index (κ3) is 5.64. The molecule has 1 aromatic heterocycles. The summed E-state index contributed by atoms with van der Waals surface area (Å²) < 4.78 is 11.8. The maximum atomic E-state index is 13.6. The first-order chi connectivity index (χ1) is 20.4. The molecule has 2 heterocycles. The van der Waals surface area contributed by atoms with Gasteiger partial charge in [-0.2, -0.15) is 0 Å². The van der Waals surface area contributed by atoms with Crippen molar-refractivity contribution in [3.63, 3.8) is 0 Å². The van der Waals surface area contributed by atoms with Crippen LogP contribution in [0.1, 0.15) is 53.7 Å². The Labute approximate surface area is 244 Å². The molecule has 0 fully saturated rings. The monoisotopic (exact) mass is 575 g/mol. The highest BCUT2D eigenvalue weighted by atomic mass is 16.5. The van der Waals surface area contributed by atoms with Crippen LogP contribution in [0.5, 0.6) is 11.5 Å². The van der Waals surface area contributed by atoms with E-state index >= 15 is 0 Å². The van der Waals surface area contributed by atoms with Gasteiger partial charge in [-0.3, -0.25) is 14.4 Å². The summed E-state index contributed by atoms with van der Waals surface area (Å²) in [5.74, 6) is -0.615. The number of hydrogen-bond donors (Lipinski definition) is 4. The quantitative estimate of drug-likeness (QED) is 0.243. The zero-order chi connectivity index (χ0) is 29.8. The largest absolute Gasteiger partial charge is 0.493 e. The molecule has 3 aromatic rings. The highest BCUT2D eigenvalue weighted by molar-refractivity contribution is 5.96. The number of amides is 2. The van der Waals surface area contributed by atoms with Crippen LogP contribution in [0.4, 0.5) is 0 Å². The molecule has 0 spiro atoms. The lowest BCUT2D eigenvalue weighted by Gasteiger charge is -2.40. The van der Waals surface area contributed by atoms with Gasteiger partial charge in [0.15, 0.2) is 11.5 Å². The van der Waals surface area contributed by atoms with Gasteiger partial charge in [0.25, 0.3) is 0 Å². The normalized spacial score (nSPS) is 20.7. The van der Waals surface area contributed by atoms with Gasteiger partial charge in [0.1, 0.15) is 18.5 Å². The minimum absolute atomic E-state index is 0.0335. The molecular formula is C32H37N3O7. The Balaban J connectivity index is 1.53. The van der Waals surface area contributed by atoms with E-state index in [2.05, 4.69) is 16.4 Å². The number of fused-ring (bicyclic) bond motifs is 4. The van der Waals surface area contributed by atoms with E-state index in [0.717, 1.165) is 23.0 Å². The van der Waals surface area contributed by atoms with Crippen molar-refractivity contribution in [2.24, 2.45) is 0 Å². The Kier molecular flexibility index (Phi) is 8.94. The number of aldehydes is 1. The Bertz CT molecular complexity index is 1460. The predicted molar refractivity (Wildman–Crippen MR) is 157 cm³/mol. The SMILES string of the molecule is CCCCC(=O)N(CCc1cc2ccccc2[nH]1)[C@@H]1C=C(C(=O)NCCO)[C@@H]2c3cc(C=O)cc(OC)c3O[C@@H]2[C@H]1O. The summed E-state index contributed by atoms with van der Waals surface area (Å²) in [6, 6.07) is 12.3. The van der Waals surface area contributed by atoms with E-state index in [1.165, 1.54) is 7.11 Å². The molecule has 4 atom stereocenters. The number of nitrogens with zero attached hydrogens (tertiary/aromatic N) is 1. The standard InChI is InChI=1S/C32H37N3O7/c1-3-4-9-27(38)35(12-10-21-16-20-7-5-6-8-24(20)34-21)25-17-23(32(40)33-11-13-36)28-22-14-19(18-37)15-26(41-2)30(22)42-31(28)29(25)39/h5-8,14-18,25,28-29,31,34,36,39H,3-4,9-13H2,1-2H3,(H,33,40)/t25-,28+,29+,31+/m1/s1. The van der Waals surface area contributed by atoms with Gasteiger partial charge in [-0.25, -0.2) is 0 Å². The van der Waals surface area contributed by atoms with E-state index in [-0.39, 0.29) is 19.1 Å². The first kappa shape index (κ1) is 29.3. The summed E-state index contributed by atoms with van der Waals surface area (Å²) in [6.07, 6.45) is 2.60. The van der Waals surface area contributed by atoms with Crippen LogP contribution in [0.2, 0.25) is 0 Å². The predicted octanol–water partition coefficient (Wildman–Crippen LogP) is 2.87. The van der Waals surface area contributed by atoms with Crippen molar-refractivity contribution in [2.75, 3.05) is 26.8 Å². The van der Waals surface area contributed by atoms with Gasteiger partial charge in [-0.1, -0.05) is 31.5 Å². The molecule has 222 valence electrons. The molecule has 4 N–H and O–H groups in total. The van der Waals surface area contributed by atoms with E-state index in [0.29, 0.717) is 60.3 Å². The zero-order valence-electron chi connectivity index (χ0n) is 23.8. The molecule has 0 bridgehead atoms. The fraction of sp³-hybridized carbons (Fsp3) is 0.406. The lowest BCUT2D eigenvalue weighted by molar-refractivity contribution is -0.137. The van der Waals surface area contributed by atoms with Crippen molar-refractivity contribution in [1.82, 2.24) is 15.2 Å². The first-order valence-corrected chi connectivity index (χ1v) is 14.4. The lowest BCUT2D eigenvalue weighted by Crippen LogP contribution is -2.56. The number of carbonyl (C=O) groups is 3. The number of carbonyl (C=O) groups excluding carboxylic acids is 3. The molecule has 1 aliphatic carbocycles. The van der Waals surface area contributed by atoms with E-state index in [1.807, 2.05) is 31.2 Å². The van der Waals surface area contributed by atoms with Crippen molar-refractivity contribution in [3.05, 3.63) is 70.9 Å². The minimum atomic E-state index is -1.17. The summed E-state index contributed by atoms with van der Waals surface area (Å²) >= 11 is 0. The van der Waals surface area contributed by atoms with Crippen molar-refractivity contribution >= 4 is 29.0 Å². The molecule has 10 heteroatoms. The molecule has 0 radical (unpaired) electrons. The fourth-order valence-corrected chi connectivity index (χ4v) is 5.98. The minimum Gasteiger partial charge on any atom is -0.493 e. The van der Waals surface area contributed by atoms with Crippen LogP contribution in [-0.4, -0.2) is 83.3 Å². The van der Waals surface area contributed by atoms with E-state index in [9.17, 15) is 24.6 Å². The van der Waals surface area contributed by atoms with Crippen molar-refractivity contribution in [2.45, 2.75) is 56.8 Å². The van der Waals surface area contributed by atoms with Crippen LogP contribution in [0.25, 0.3) is 10.9 Å². The average molecular weight is 576 g/mol. The van der Waals surface area contributed by atoms with Crippen LogP contribution in [-0.2, 0) is 16.0 Å². The van der Waals surface area contributed by atoms with Gasteiger partial charge in [0.05, 0.1) is 25.7 Å². The molecule has 0 unspecified atom stereocenters. The van der Waals surface area contributed by atoms with Gasteiger partial charge >= 0.3 is 0 Å². The maximum absolute atomic E-state index is 13.6. The molecule has 0 saturated heterocycles. The summed E-state index contributed by atoms with van der Waals surface area (Å²) in [5.41, 5.74) is 3.14. The molecular weight excluding hydrogens is 538 g/mol. The van der Waals surface area contributed by atoms with Crippen molar-refractivity contribution in [1.29, 1.82) is 0 Å². The molecule has 2 amide bonds.